The number of carbonyl (C=O) groups is 2. The predicted octanol–water partition coefficient (Wildman–Crippen LogP) is 2.78. The number of anilines is 1. The van der Waals surface area contributed by atoms with Gasteiger partial charge in [-0.15, -0.1) is 10.2 Å². The van der Waals surface area contributed by atoms with Gasteiger partial charge in [-0.3, -0.25) is 14.2 Å². The fourth-order valence-electron chi connectivity index (χ4n) is 2.42. The van der Waals surface area contributed by atoms with E-state index >= 15 is 0 Å². The molecule has 0 bridgehead atoms. The van der Waals surface area contributed by atoms with Crippen molar-refractivity contribution in [2.24, 2.45) is 5.73 Å². The lowest BCUT2D eigenvalue weighted by Gasteiger charge is -2.12. The molecule has 0 aliphatic heterocycles. The number of nitrogens with one attached hydrogen (secondary N) is 1. The molecule has 0 saturated carbocycles. The number of amides is 2. The lowest BCUT2D eigenvalue weighted by Crippen LogP contribution is -2.23. The van der Waals surface area contributed by atoms with Crippen LogP contribution in [0.5, 0.6) is 0 Å². The van der Waals surface area contributed by atoms with Crippen molar-refractivity contribution < 1.29 is 14.0 Å². The fraction of sp³-hybridized carbons (Fsp3) is 0.222. The molecule has 9 heteroatoms. The van der Waals surface area contributed by atoms with Gasteiger partial charge in [0, 0.05) is 17.8 Å². The first-order chi connectivity index (χ1) is 13.0. The van der Waals surface area contributed by atoms with Crippen molar-refractivity contribution in [1.82, 2.24) is 14.8 Å². The minimum atomic E-state index is -0.511. The van der Waals surface area contributed by atoms with Crippen LogP contribution < -0.4 is 11.1 Å². The summed E-state index contributed by atoms with van der Waals surface area (Å²) in [5, 5.41) is 11.4. The van der Waals surface area contributed by atoms with Crippen LogP contribution in [0.3, 0.4) is 0 Å². The molecule has 8 nitrogen and oxygen atoms in total. The van der Waals surface area contributed by atoms with Gasteiger partial charge in [-0.25, -0.2) is 0 Å². The Hall–Kier alpha value is -3.07. The molecule has 0 fully saturated rings. The number of hydrogen-bond donors (Lipinski definition) is 2. The third-order valence-corrected chi connectivity index (χ3v) is 4.94. The number of primary amides is 1. The molecule has 0 aliphatic rings. The monoisotopic (exact) mass is 385 g/mol. The molecular formula is C18H19N5O3S. The highest BCUT2D eigenvalue weighted by Crippen LogP contribution is 2.27. The number of nitrogens with two attached hydrogens (primary N) is 1. The Labute approximate surface area is 160 Å². The average Bonchev–Trinajstić information content (AvgIpc) is 3.31. The topological polar surface area (TPSA) is 116 Å². The van der Waals surface area contributed by atoms with Crippen LogP contribution in [0.15, 0.2) is 52.2 Å². The number of furan rings is 1. The van der Waals surface area contributed by atoms with Crippen molar-refractivity contribution in [1.29, 1.82) is 0 Å². The van der Waals surface area contributed by atoms with Gasteiger partial charge in [0.05, 0.1) is 11.5 Å². The third-order valence-electron chi connectivity index (χ3n) is 3.86. The number of carbonyl (C=O) groups excluding carboxylic acids is 2. The van der Waals surface area contributed by atoms with Gasteiger partial charge in [0.1, 0.15) is 0 Å². The minimum absolute atomic E-state index is 0.183. The minimum Gasteiger partial charge on any atom is -0.461 e. The van der Waals surface area contributed by atoms with Crippen LogP contribution in [0, 0.1) is 0 Å². The van der Waals surface area contributed by atoms with Gasteiger partial charge in [0.25, 0.3) is 0 Å². The molecule has 3 rings (SSSR count). The number of hydrogen-bond acceptors (Lipinski definition) is 6. The lowest BCUT2D eigenvalue weighted by molar-refractivity contribution is -0.115. The molecule has 2 amide bonds. The number of benzene rings is 1. The molecule has 27 heavy (non-hydrogen) atoms. The van der Waals surface area contributed by atoms with E-state index in [1.165, 1.54) is 11.8 Å². The van der Waals surface area contributed by atoms with Crippen LogP contribution in [0.2, 0.25) is 0 Å². The second-order valence-corrected chi connectivity index (χ2v) is 7.03. The van der Waals surface area contributed by atoms with Crippen LogP contribution in [-0.2, 0) is 11.3 Å². The number of thioether (sulfide) groups is 1. The van der Waals surface area contributed by atoms with E-state index in [-0.39, 0.29) is 5.91 Å². The lowest BCUT2D eigenvalue weighted by atomic mass is 10.2. The van der Waals surface area contributed by atoms with Gasteiger partial charge in [-0.2, -0.15) is 0 Å². The van der Waals surface area contributed by atoms with Gasteiger partial charge in [0.15, 0.2) is 16.7 Å². The SMILES string of the molecule is CCn1c(SC(C)C(=O)Nc2ccc(C(N)=O)cc2)nnc1-c1ccco1. The van der Waals surface area contributed by atoms with Crippen molar-refractivity contribution in [3.05, 3.63) is 48.2 Å². The van der Waals surface area contributed by atoms with E-state index in [0.717, 1.165) is 0 Å². The summed E-state index contributed by atoms with van der Waals surface area (Å²) < 4.78 is 7.29. The molecule has 1 atom stereocenters. The van der Waals surface area contributed by atoms with Crippen molar-refractivity contribution in [2.45, 2.75) is 30.8 Å². The van der Waals surface area contributed by atoms with E-state index in [9.17, 15) is 9.59 Å². The van der Waals surface area contributed by atoms with Gasteiger partial charge in [0.2, 0.25) is 11.8 Å². The smallest absolute Gasteiger partial charge is 0.248 e. The maximum atomic E-state index is 12.5. The van der Waals surface area contributed by atoms with Gasteiger partial charge in [-0.05, 0) is 50.2 Å². The first kappa shape index (κ1) is 18.7. The van der Waals surface area contributed by atoms with E-state index in [1.54, 1.807) is 43.5 Å². The maximum absolute atomic E-state index is 12.5. The molecule has 1 aromatic carbocycles. The fourth-order valence-corrected chi connectivity index (χ4v) is 3.34. The Kier molecular flexibility index (Phi) is 5.60. The Morgan fingerprint density at radius 1 is 1.26 bits per heavy atom. The highest BCUT2D eigenvalue weighted by Gasteiger charge is 2.21. The zero-order valence-electron chi connectivity index (χ0n) is 14.9. The van der Waals surface area contributed by atoms with E-state index in [1.807, 2.05) is 17.6 Å². The predicted molar refractivity (Wildman–Crippen MR) is 102 cm³/mol. The van der Waals surface area contributed by atoms with E-state index in [2.05, 4.69) is 15.5 Å². The maximum Gasteiger partial charge on any atom is 0.248 e. The Bertz CT molecular complexity index is 935. The number of rotatable bonds is 7. The van der Waals surface area contributed by atoms with E-state index in [0.29, 0.717) is 34.5 Å². The largest absolute Gasteiger partial charge is 0.461 e. The molecule has 0 spiro atoms. The highest BCUT2D eigenvalue weighted by atomic mass is 32.2. The number of aromatic nitrogens is 3. The molecule has 0 saturated heterocycles. The van der Waals surface area contributed by atoms with Gasteiger partial charge >= 0.3 is 0 Å². The third kappa shape index (κ3) is 4.20. The zero-order valence-corrected chi connectivity index (χ0v) is 15.7. The summed E-state index contributed by atoms with van der Waals surface area (Å²) in [5.74, 6) is 0.558. The highest BCUT2D eigenvalue weighted by molar-refractivity contribution is 8.00. The summed E-state index contributed by atoms with van der Waals surface area (Å²) >= 11 is 1.31. The molecule has 3 N–H and O–H groups in total. The van der Waals surface area contributed by atoms with Crippen molar-refractivity contribution >= 4 is 29.3 Å². The number of nitrogens with zero attached hydrogens (tertiary/aromatic N) is 3. The van der Waals surface area contributed by atoms with Crippen molar-refractivity contribution in [3.63, 3.8) is 0 Å². The quantitative estimate of drug-likeness (QED) is 0.604. The van der Waals surface area contributed by atoms with Crippen LogP contribution in [0.4, 0.5) is 5.69 Å². The van der Waals surface area contributed by atoms with E-state index < -0.39 is 11.2 Å². The summed E-state index contributed by atoms with van der Waals surface area (Å²) in [5.41, 5.74) is 6.19. The molecule has 140 valence electrons. The second-order valence-electron chi connectivity index (χ2n) is 5.72. The van der Waals surface area contributed by atoms with Gasteiger partial charge in [-0.1, -0.05) is 11.8 Å². The Morgan fingerprint density at radius 3 is 2.59 bits per heavy atom. The first-order valence-corrected chi connectivity index (χ1v) is 9.22. The molecule has 2 heterocycles. The van der Waals surface area contributed by atoms with Crippen LogP contribution in [0.1, 0.15) is 24.2 Å². The molecule has 0 radical (unpaired) electrons. The summed E-state index contributed by atoms with van der Waals surface area (Å²) in [4.78, 5) is 23.6. The standard InChI is InChI=1S/C18H19N5O3S/c1-3-23-16(14-5-4-10-26-14)21-22-18(23)27-11(2)17(25)20-13-8-6-12(7-9-13)15(19)24/h4-11H,3H2,1-2H3,(H2,19,24)(H,20,25). The van der Waals surface area contributed by atoms with E-state index in [4.69, 9.17) is 10.2 Å². The average molecular weight is 385 g/mol. The summed E-state index contributed by atoms with van der Waals surface area (Å²) in [6, 6.07) is 10.0. The zero-order chi connectivity index (χ0) is 19.4. The Balaban J connectivity index is 1.68. The van der Waals surface area contributed by atoms with Crippen LogP contribution >= 0.6 is 11.8 Å². The Morgan fingerprint density at radius 2 is 2.00 bits per heavy atom. The summed E-state index contributed by atoms with van der Waals surface area (Å²) in [6.07, 6.45) is 1.58. The summed E-state index contributed by atoms with van der Waals surface area (Å²) in [7, 11) is 0. The normalized spacial score (nSPS) is 11.9. The van der Waals surface area contributed by atoms with Crippen LogP contribution in [-0.4, -0.2) is 31.8 Å². The summed E-state index contributed by atoms with van der Waals surface area (Å²) in [6.45, 7) is 4.41. The molecule has 3 aromatic rings. The molecule has 2 aromatic heterocycles. The molecule has 1 unspecified atom stereocenters. The van der Waals surface area contributed by atoms with Crippen molar-refractivity contribution in [2.75, 3.05) is 5.32 Å². The van der Waals surface area contributed by atoms with Gasteiger partial charge < -0.3 is 15.5 Å². The molecular weight excluding hydrogens is 366 g/mol. The second kappa shape index (κ2) is 8.09. The van der Waals surface area contributed by atoms with Crippen LogP contribution in [0.25, 0.3) is 11.6 Å². The van der Waals surface area contributed by atoms with Crippen molar-refractivity contribution in [3.8, 4) is 11.6 Å². The first-order valence-electron chi connectivity index (χ1n) is 8.34. The molecule has 0 aliphatic carbocycles.